The van der Waals surface area contributed by atoms with Gasteiger partial charge in [0.1, 0.15) is 10.9 Å². The minimum Gasteiger partial charge on any atom is -0.452 e. The summed E-state index contributed by atoms with van der Waals surface area (Å²) in [5.74, 6) is -1.62. The average molecular weight is 407 g/mol. The number of hydrogen-bond donors (Lipinski definition) is 1. The molecule has 9 heteroatoms. The number of pyridine rings is 1. The van der Waals surface area contributed by atoms with Gasteiger partial charge < -0.3 is 14.8 Å². The summed E-state index contributed by atoms with van der Waals surface area (Å²) in [4.78, 5) is 28.2. The molecule has 1 aromatic heterocycles. The molecule has 0 saturated carbocycles. The number of esters is 1. The first-order valence-corrected chi connectivity index (χ1v) is 8.37. The fourth-order valence-electron chi connectivity index (χ4n) is 2.40. The summed E-state index contributed by atoms with van der Waals surface area (Å²) in [6.45, 7) is -3.63. The van der Waals surface area contributed by atoms with Crippen molar-refractivity contribution in [2.75, 3.05) is 11.9 Å². The first-order valence-electron chi connectivity index (χ1n) is 7.99. The number of amides is 1. The number of aromatic nitrogens is 1. The SMILES string of the molecule is O=C(COC(=O)c1ccc2nc(Cl)ccc2c1)Nc1ccccc1OC(F)F. The maximum atomic E-state index is 12.4. The summed E-state index contributed by atoms with van der Waals surface area (Å²) >= 11 is 5.81. The fourth-order valence-corrected chi connectivity index (χ4v) is 2.55. The van der Waals surface area contributed by atoms with Crippen LogP contribution in [0.3, 0.4) is 0 Å². The normalized spacial score (nSPS) is 10.7. The van der Waals surface area contributed by atoms with E-state index in [-0.39, 0.29) is 17.0 Å². The molecule has 3 aromatic rings. The highest BCUT2D eigenvalue weighted by Crippen LogP contribution is 2.25. The van der Waals surface area contributed by atoms with Gasteiger partial charge in [-0.05, 0) is 42.5 Å². The molecule has 0 atom stereocenters. The third kappa shape index (κ3) is 4.92. The van der Waals surface area contributed by atoms with Crippen molar-refractivity contribution in [2.45, 2.75) is 6.61 Å². The lowest BCUT2D eigenvalue weighted by atomic mass is 10.1. The van der Waals surface area contributed by atoms with Crippen LogP contribution in [0.25, 0.3) is 10.9 Å². The van der Waals surface area contributed by atoms with E-state index < -0.39 is 25.1 Å². The lowest BCUT2D eigenvalue weighted by molar-refractivity contribution is -0.119. The minimum absolute atomic E-state index is 0.0394. The summed E-state index contributed by atoms with van der Waals surface area (Å²) in [5, 5.41) is 3.37. The number of nitrogens with zero attached hydrogens (tertiary/aromatic N) is 1. The second kappa shape index (κ2) is 8.62. The quantitative estimate of drug-likeness (QED) is 0.488. The predicted octanol–water partition coefficient (Wildman–Crippen LogP) is 4.29. The Hall–Kier alpha value is -3.26. The van der Waals surface area contributed by atoms with Crippen LogP contribution in [-0.4, -0.2) is 30.1 Å². The third-order valence-electron chi connectivity index (χ3n) is 3.60. The van der Waals surface area contributed by atoms with Gasteiger partial charge in [0.15, 0.2) is 6.61 Å². The molecule has 0 aliphatic rings. The van der Waals surface area contributed by atoms with Crippen LogP contribution in [0.1, 0.15) is 10.4 Å². The number of nitrogens with one attached hydrogen (secondary N) is 1. The molecule has 1 heterocycles. The maximum Gasteiger partial charge on any atom is 0.387 e. The molecular formula is C19H13ClF2N2O4. The van der Waals surface area contributed by atoms with Gasteiger partial charge in [-0.1, -0.05) is 23.7 Å². The molecule has 1 amide bonds. The molecule has 0 fully saturated rings. The molecule has 6 nitrogen and oxygen atoms in total. The van der Waals surface area contributed by atoms with Crippen LogP contribution in [0.2, 0.25) is 5.15 Å². The predicted molar refractivity (Wildman–Crippen MR) is 98.7 cm³/mol. The lowest BCUT2D eigenvalue weighted by Gasteiger charge is -2.11. The molecule has 0 bridgehead atoms. The van der Waals surface area contributed by atoms with Crippen LogP contribution in [0, 0.1) is 0 Å². The molecule has 0 aliphatic carbocycles. The molecular weight excluding hydrogens is 394 g/mol. The van der Waals surface area contributed by atoms with Crippen molar-refractivity contribution >= 4 is 40.1 Å². The summed E-state index contributed by atoms with van der Waals surface area (Å²) < 4.78 is 34.1. The second-order valence-corrected chi connectivity index (χ2v) is 5.93. The third-order valence-corrected chi connectivity index (χ3v) is 3.81. The van der Waals surface area contributed by atoms with Gasteiger partial charge in [0.25, 0.3) is 5.91 Å². The summed E-state index contributed by atoms with van der Waals surface area (Å²) in [6.07, 6.45) is 0. The second-order valence-electron chi connectivity index (χ2n) is 5.54. The standard InChI is InChI=1S/C19H13ClF2N2O4/c20-16-8-6-11-9-12(5-7-13(11)23-16)18(26)27-10-17(25)24-14-3-1-2-4-15(14)28-19(21)22/h1-9,19H,10H2,(H,24,25). The van der Waals surface area contributed by atoms with Gasteiger partial charge in [-0.25, -0.2) is 9.78 Å². The van der Waals surface area contributed by atoms with Crippen molar-refractivity contribution in [2.24, 2.45) is 0 Å². The number of halogens is 3. The van der Waals surface area contributed by atoms with E-state index in [9.17, 15) is 18.4 Å². The number of rotatable bonds is 6. The number of carbonyl (C=O) groups is 2. The Bertz CT molecular complexity index is 1030. The first-order chi connectivity index (χ1) is 13.4. The smallest absolute Gasteiger partial charge is 0.387 e. The molecule has 0 spiro atoms. The maximum absolute atomic E-state index is 12.4. The molecule has 144 valence electrons. The van der Waals surface area contributed by atoms with Gasteiger partial charge in [0, 0.05) is 5.39 Å². The summed E-state index contributed by atoms with van der Waals surface area (Å²) in [7, 11) is 0. The topological polar surface area (TPSA) is 77.5 Å². The van der Waals surface area contributed by atoms with Crippen molar-refractivity contribution in [3.63, 3.8) is 0 Å². The first kappa shape index (κ1) is 19.5. The Morgan fingerprint density at radius 1 is 1.11 bits per heavy atom. The Morgan fingerprint density at radius 2 is 1.89 bits per heavy atom. The summed E-state index contributed by atoms with van der Waals surface area (Å²) in [5.41, 5.74) is 0.876. The monoisotopic (exact) mass is 406 g/mol. The minimum atomic E-state index is -3.03. The highest BCUT2D eigenvalue weighted by molar-refractivity contribution is 6.29. The number of alkyl halides is 2. The van der Waals surface area contributed by atoms with Crippen molar-refractivity contribution in [1.82, 2.24) is 4.98 Å². The number of para-hydroxylation sites is 2. The summed E-state index contributed by atoms with van der Waals surface area (Å²) in [6, 6.07) is 13.6. The number of anilines is 1. The zero-order valence-electron chi connectivity index (χ0n) is 14.2. The molecule has 0 radical (unpaired) electrons. The fraction of sp³-hybridized carbons (Fsp3) is 0.105. The Kier molecular flexibility index (Phi) is 6.00. The molecule has 0 saturated heterocycles. The molecule has 0 aliphatic heterocycles. The van der Waals surface area contributed by atoms with Crippen LogP contribution in [0.15, 0.2) is 54.6 Å². The van der Waals surface area contributed by atoms with Crippen molar-refractivity contribution in [1.29, 1.82) is 0 Å². The Labute approximate surface area is 163 Å². The van der Waals surface area contributed by atoms with Gasteiger partial charge in [-0.2, -0.15) is 8.78 Å². The molecule has 0 unspecified atom stereocenters. The van der Waals surface area contributed by atoms with Crippen molar-refractivity contribution < 1.29 is 27.8 Å². The number of fused-ring (bicyclic) bond motifs is 1. The number of ether oxygens (including phenoxy) is 2. The number of hydrogen-bond acceptors (Lipinski definition) is 5. The van der Waals surface area contributed by atoms with Gasteiger partial charge in [-0.15, -0.1) is 0 Å². The lowest BCUT2D eigenvalue weighted by Crippen LogP contribution is -2.21. The highest BCUT2D eigenvalue weighted by atomic mass is 35.5. The van der Waals surface area contributed by atoms with Gasteiger partial charge >= 0.3 is 12.6 Å². The average Bonchev–Trinajstić information content (AvgIpc) is 2.67. The van der Waals surface area contributed by atoms with E-state index in [1.165, 1.54) is 30.3 Å². The van der Waals surface area contributed by atoms with E-state index in [2.05, 4.69) is 15.0 Å². The van der Waals surface area contributed by atoms with Crippen molar-refractivity contribution in [3.05, 3.63) is 65.3 Å². The molecule has 28 heavy (non-hydrogen) atoms. The van der Waals surface area contributed by atoms with E-state index in [1.807, 2.05) is 0 Å². The number of benzene rings is 2. The van der Waals surface area contributed by atoms with Crippen LogP contribution in [-0.2, 0) is 9.53 Å². The van der Waals surface area contributed by atoms with E-state index in [1.54, 1.807) is 24.3 Å². The zero-order chi connectivity index (χ0) is 20.1. The number of carbonyl (C=O) groups excluding carboxylic acids is 2. The Morgan fingerprint density at radius 3 is 2.68 bits per heavy atom. The molecule has 3 rings (SSSR count). The molecule has 1 N–H and O–H groups in total. The highest BCUT2D eigenvalue weighted by Gasteiger charge is 2.14. The van der Waals surface area contributed by atoms with Crippen LogP contribution in [0.4, 0.5) is 14.5 Å². The van der Waals surface area contributed by atoms with E-state index >= 15 is 0 Å². The van der Waals surface area contributed by atoms with Crippen LogP contribution >= 0.6 is 11.6 Å². The van der Waals surface area contributed by atoms with Gasteiger partial charge in [-0.3, -0.25) is 4.79 Å². The van der Waals surface area contributed by atoms with Gasteiger partial charge in [0.2, 0.25) is 0 Å². The van der Waals surface area contributed by atoms with Crippen molar-refractivity contribution in [3.8, 4) is 5.75 Å². The van der Waals surface area contributed by atoms with E-state index in [0.717, 1.165) is 0 Å². The Balaban J connectivity index is 1.62. The largest absolute Gasteiger partial charge is 0.452 e. The van der Waals surface area contributed by atoms with E-state index in [0.29, 0.717) is 16.1 Å². The van der Waals surface area contributed by atoms with E-state index in [4.69, 9.17) is 16.3 Å². The van der Waals surface area contributed by atoms with Crippen LogP contribution < -0.4 is 10.1 Å². The zero-order valence-corrected chi connectivity index (χ0v) is 15.0. The van der Waals surface area contributed by atoms with Crippen LogP contribution in [0.5, 0.6) is 5.75 Å². The molecule has 2 aromatic carbocycles. The van der Waals surface area contributed by atoms with Gasteiger partial charge in [0.05, 0.1) is 16.8 Å².